The summed E-state index contributed by atoms with van der Waals surface area (Å²) in [5, 5.41) is 13.2. The van der Waals surface area contributed by atoms with E-state index in [1.165, 1.54) is 0 Å². The van der Waals surface area contributed by atoms with Gasteiger partial charge in [0.15, 0.2) is 0 Å². The van der Waals surface area contributed by atoms with Crippen molar-refractivity contribution in [3.8, 4) is 11.1 Å². The minimum absolute atomic E-state index is 0.414. The number of hydrogen-bond donors (Lipinski definition) is 1. The fourth-order valence-corrected chi connectivity index (χ4v) is 1.83. The number of carboxylic acids is 1. The third kappa shape index (κ3) is 3.31. The van der Waals surface area contributed by atoms with Gasteiger partial charge in [0.25, 0.3) is 0 Å². The van der Waals surface area contributed by atoms with E-state index in [2.05, 4.69) is 5.10 Å². The van der Waals surface area contributed by atoms with Crippen molar-refractivity contribution in [2.75, 3.05) is 0 Å². The summed E-state index contributed by atoms with van der Waals surface area (Å²) in [5.74, 6) is -0.863. The van der Waals surface area contributed by atoms with Crippen molar-refractivity contribution in [1.82, 2.24) is 9.78 Å². The van der Waals surface area contributed by atoms with Gasteiger partial charge in [0.1, 0.15) is 0 Å². The average Bonchev–Trinajstić information content (AvgIpc) is 2.89. The molecule has 0 bridgehead atoms. The van der Waals surface area contributed by atoms with Gasteiger partial charge in [0.05, 0.1) is 12.7 Å². The van der Waals surface area contributed by atoms with Gasteiger partial charge < -0.3 is 5.11 Å². The Morgan fingerprint density at radius 3 is 2.68 bits per heavy atom. The first-order chi connectivity index (χ1) is 9.20. The molecule has 19 heavy (non-hydrogen) atoms. The Labute approximate surface area is 112 Å². The van der Waals surface area contributed by atoms with Crippen molar-refractivity contribution in [3.05, 3.63) is 54.4 Å². The van der Waals surface area contributed by atoms with Crippen LogP contribution in [-0.4, -0.2) is 20.9 Å². The summed E-state index contributed by atoms with van der Waals surface area (Å²) in [6.45, 7) is 2.31. The van der Waals surface area contributed by atoms with E-state index >= 15 is 0 Å². The van der Waals surface area contributed by atoms with Gasteiger partial charge in [-0.1, -0.05) is 43.3 Å². The van der Waals surface area contributed by atoms with Crippen LogP contribution in [0.15, 0.2) is 54.4 Å². The van der Waals surface area contributed by atoms with E-state index in [9.17, 15) is 4.79 Å². The fourth-order valence-electron chi connectivity index (χ4n) is 1.83. The normalized spacial score (nSPS) is 11.5. The Balaban J connectivity index is 2.12. The van der Waals surface area contributed by atoms with Gasteiger partial charge in [-0.15, -0.1) is 0 Å². The molecule has 1 N–H and O–H groups in total. The molecule has 0 unspecified atom stereocenters. The summed E-state index contributed by atoms with van der Waals surface area (Å²) in [6, 6.07) is 9.97. The Hall–Kier alpha value is -2.36. The molecule has 0 aliphatic carbocycles. The number of carboxylic acid groups (broad SMARTS) is 1. The van der Waals surface area contributed by atoms with Crippen molar-refractivity contribution in [2.24, 2.45) is 0 Å². The number of aliphatic carboxylic acids is 1. The molecule has 0 aliphatic rings. The minimum Gasteiger partial charge on any atom is -0.478 e. The van der Waals surface area contributed by atoms with Gasteiger partial charge in [-0.2, -0.15) is 5.10 Å². The highest BCUT2D eigenvalue weighted by Crippen LogP contribution is 2.17. The van der Waals surface area contributed by atoms with Crippen molar-refractivity contribution < 1.29 is 9.90 Å². The topological polar surface area (TPSA) is 55.1 Å². The number of rotatable bonds is 5. The van der Waals surface area contributed by atoms with Crippen molar-refractivity contribution in [1.29, 1.82) is 0 Å². The molecule has 0 saturated carbocycles. The summed E-state index contributed by atoms with van der Waals surface area (Å²) in [6.07, 6.45) is 5.92. The maximum Gasteiger partial charge on any atom is 0.331 e. The summed E-state index contributed by atoms with van der Waals surface area (Å²) in [4.78, 5) is 10.9. The molecule has 2 aromatic rings. The predicted octanol–water partition coefficient (Wildman–Crippen LogP) is 2.97. The standard InChI is InChI=1S/C15H16N2O2/c1-2-12(15(18)19)8-9-17-11-14(10-16-17)13-6-4-3-5-7-13/h3-8,10-11H,2,9H2,1H3,(H,18,19). The van der Waals surface area contributed by atoms with Crippen LogP contribution in [0.2, 0.25) is 0 Å². The van der Waals surface area contributed by atoms with Crippen molar-refractivity contribution in [2.45, 2.75) is 19.9 Å². The average molecular weight is 256 g/mol. The van der Waals surface area contributed by atoms with Crippen LogP contribution in [-0.2, 0) is 11.3 Å². The second-order valence-electron chi connectivity index (χ2n) is 4.21. The smallest absolute Gasteiger partial charge is 0.331 e. The first-order valence-electron chi connectivity index (χ1n) is 6.21. The van der Waals surface area contributed by atoms with E-state index in [0.717, 1.165) is 11.1 Å². The molecule has 0 amide bonds. The molecule has 2 rings (SSSR count). The zero-order valence-corrected chi connectivity index (χ0v) is 10.8. The summed E-state index contributed by atoms with van der Waals surface area (Å²) in [7, 11) is 0. The van der Waals surface area contributed by atoms with Gasteiger partial charge in [0, 0.05) is 17.3 Å². The molecule has 98 valence electrons. The molecule has 4 heteroatoms. The molecule has 0 radical (unpaired) electrons. The minimum atomic E-state index is -0.863. The highest BCUT2D eigenvalue weighted by molar-refractivity contribution is 5.86. The van der Waals surface area contributed by atoms with Gasteiger partial charge in [0.2, 0.25) is 0 Å². The van der Waals surface area contributed by atoms with E-state index in [0.29, 0.717) is 18.5 Å². The number of nitrogens with zero attached hydrogens (tertiary/aromatic N) is 2. The number of hydrogen-bond acceptors (Lipinski definition) is 2. The zero-order chi connectivity index (χ0) is 13.7. The predicted molar refractivity (Wildman–Crippen MR) is 73.7 cm³/mol. The van der Waals surface area contributed by atoms with Crippen LogP contribution in [0.4, 0.5) is 0 Å². The maximum absolute atomic E-state index is 10.9. The molecule has 1 heterocycles. The molecule has 1 aromatic carbocycles. The summed E-state index contributed by atoms with van der Waals surface area (Å²) in [5.41, 5.74) is 2.55. The summed E-state index contributed by atoms with van der Waals surface area (Å²) >= 11 is 0. The molecule has 0 spiro atoms. The molecule has 0 aliphatic heterocycles. The Bertz CT molecular complexity index is 585. The van der Waals surface area contributed by atoms with Crippen LogP contribution in [0.1, 0.15) is 13.3 Å². The number of benzene rings is 1. The Kier molecular flexibility index (Phi) is 4.13. The second-order valence-corrected chi connectivity index (χ2v) is 4.21. The van der Waals surface area contributed by atoms with Crippen LogP contribution >= 0.6 is 0 Å². The van der Waals surface area contributed by atoms with Crippen LogP contribution in [0.5, 0.6) is 0 Å². The number of aromatic nitrogens is 2. The Morgan fingerprint density at radius 2 is 2.05 bits per heavy atom. The van der Waals surface area contributed by atoms with Crippen LogP contribution < -0.4 is 0 Å². The molecular formula is C15H16N2O2. The summed E-state index contributed by atoms with van der Waals surface area (Å²) < 4.78 is 1.74. The number of carbonyl (C=O) groups is 1. The van der Waals surface area contributed by atoms with Gasteiger partial charge in [-0.05, 0) is 12.0 Å². The fraction of sp³-hybridized carbons (Fsp3) is 0.200. The SMILES string of the molecule is CCC(=CCn1cc(-c2ccccc2)cn1)C(=O)O. The lowest BCUT2D eigenvalue weighted by Gasteiger charge is -1.99. The first-order valence-corrected chi connectivity index (χ1v) is 6.21. The second kappa shape index (κ2) is 6.00. The van der Waals surface area contributed by atoms with E-state index in [-0.39, 0.29) is 0 Å². The van der Waals surface area contributed by atoms with Crippen LogP contribution in [0.3, 0.4) is 0 Å². The molecule has 1 aromatic heterocycles. The van der Waals surface area contributed by atoms with Crippen LogP contribution in [0, 0.1) is 0 Å². The van der Waals surface area contributed by atoms with Gasteiger partial charge in [-0.3, -0.25) is 4.68 Å². The molecule has 0 atom stereocenters. The maximum atomic E-state index is 10.9. The third-order valence-electron chi connectivity index (χ3n) is 2.92. The van der Waals surface area contributed by atoms with E-state index in [1.807, 2.05) is 43.5 Å². The lowest BCUT2D eigenvalue weighted by Crippen LogP contribution is -2.02. The highest BCUT2D eigenvalue weighted by atomic mass is 16.4. The third-order valence-corrected chi connectivity index (χ3v) is 2.92. The van der Waals surface area contributed by atoms with Crippen molar-refractivity contribution in [3.63, 3.8) is 0 Å². The van der Waals surface area contributed by atoms with Crippen LogP contribution in [0.25, 0.3) is 11.1 Å². The van der Waals surface area contributed by atoms with Gasteiger partial charge >= 0.3 is 5.97 Å². The first kappa shape index (κ1) is 13.1. The Morgan fingerprint density at radius 1 is 1.32 bits per heavy atom. The lowest BCUT2D eigenvalue weighted by atomic mass is 10.1. The van der Waals surface area contributed by atoms with Gasteiger partial charge in [-0.25, -0.2) is 4.79 Å². The van der Waals surface area contributed by atoms with Crippen molar-refractivity contribution >= 4 is 5.97 Å². The molecular weight excluding hydrogens is 240 g/mol. The zero-order valence-electron chi connectivity index (χ0n) is 10.8. The lowest BCUT2D eigenvalue weighted by molar-refractivity contribution is -0.132. The van der Waals surface area contributed by atoms with E-state index in [1.54, 1.807) is 17.0 Å². The molecule has 0 fully saturated rings. The monoisotopic (exact) mass is 256 g/mol. The quantitative estimate of drug-likeness (QED) is 0.837. The number of allylic oxidation sites excluding steroid dienone is 1. The largest absolute Gasteiger partial charge is 0.478 e. The highest BCUT2D eigenvalue weighted by Gasteiger charge is 2.04. The van der Waals surface area contributed by atoms with E-state index in [4.69, 9.17) is 5.11 Å². The molecule has 0 saturated heterocycles. The molecule has 4 nitrogen and oxygen atoms in total. The van der Waals surface area contributed by atoms with E-state index < -0.39 is 5.97 Å².